The van der Waals surface area contributed by atoms with Crippen molar-refractivity contribution in [2.24, 2.45) is 17.4 Å². The molecule has 2 unspecified atom stereocenters. The van der Waals surface area contributed by atoms with Gasteiger partial charge >= 0.3 is 0 Å². The first-order valence-corrected chi connectivity index (χ1v) is 7.92. The highest BCUT2D eigenvalue weighted by atomic mass is 32.2. The molecule has 0 radical (unpaired) electrons. The second-order valence-electron chi connectivity index (χ2n) is 5.18. The zero-order valence-corrected chi connectivity index (χ0v) is 12.1. The maximum absolute atomic E-state index is 12.5. The Morgan fingerprint density at radius 1 is 1.30 bits per heavy atom. The Morgan fingerprint density at radius 3 is 2.40 bits per heavy atom. The van der Waals surface area contributed by atoms with Crippen molar-refractivity contribution in [3.63, 3.8) is 0 Å². The average molecular weight is 297 g/mol. The van der Waals surface area contributed by atoms with Crippen LogP contribution in [-0.2, 0) is 10.0 Å². The Hall–Kier alpha value is -1.44. The molecule has 1 amide bonds. The number of amides is 1. The molecule has 20 heavy (non-hydrogen) atoms. The van der Waals surface area contributed by atoms with E-state index in [9.17, 15) is 13.2 Å². The second-order valence-corrected chi connectivity index (χ2v) is 7.12. The largest absolute Gasteiger partial charge is 0.366 e. The van der Waals surface area contributed by atoms with Crippen LogP contribution in [0.4, 0.5) is 0 Å². The van der Waals surface area contributed by atoms with Gasteiger partial charge in [0.25, 0.3) is 0 Å². The van der Waals surface area contributed by atoms with Gasteiger partial charge in [0, 0.05) is 24.7 Å². The Balaban J connectivity index is 2.24. The summed E-state index contributed by atoms with van der Waals surface area (Å²) in [7, 11) is -3.54. The molecule has 0 aliphatic carbocycles. The lowest BCUT2D eigenvalue weighted by Gasteiger charge is -2.34. The lowest BCUT2D eigenvalue weighted by atomic mass is 9.96. The zero-order valence-electron chi connectivity index (χ0n) is 11.3. The predicted molar refractivity (Wildman–Crippen MR) is 75.5 cm³/mol. The standard InChI is InChI=1S/C13H19N3O3S/c1-9-8-16(7-6-12(9)14)20(18,19)11-4-2-10(3-5-11)13(15)17/h2-5,9,12H,6-8,14H2,1H3,(H2,15,17). The van der Waals surface area contributed by atoms with Gasteiger partial charge in [0.05, 0.1) is 4.90 Å². The van der Waals surface area contributed by atoms with E-state index in [0.717, 1.165) is 0 Å². The minimum atomic E-state index is -3.54. The van der Waals surface area contributed by atoms with E-state index >= 15 is 0 Å². The number of hydrogen-bond acceptors (Lipinski definition) is 4. The fraction of sp³-hybridized carbons (Fsp3) is 0.462. The minimum absolute atomic E-state index is 0.0405. The van der Waals surface area contributed by atoms with Crippen LogP contribution >= 0.6 is 0 Å². The van der Waals surface area contributed by atoms with Crippen molar-refractivity contribution in [3.8, 4) is 0 Å². The smallest absolute Gasteiger partial charge is 0.248 e. The summed E-state index contributed by atoms with van der Waals surface area (Å²) in [6, 6.07) is 5.71. The topological polar surface area (TPSA) is 106 Å². The van der Waals surface area contributed by atoms with Crippen LogP contribution in [0.5, 0.6) is 0 Å². The van der Waals surface area contributed by atoms with E-state index in [-0.39, 0.29) is 22.4 Å². The summed E-state index contributed by atoms with van der Waals surface area (Å²) in [5.74, 6) is -0.449. The van der Waals surface area contributed by atoms with Gasteiger partial charge in [0.15, 0.2) is 0 Å². The van der Waals surface area contributed by atoms with Gasteiger partial charge in [0.1, 0.15) is 0 Å². The van der Waals surface area contributed by atoms with Crippen LogP contribution in [0.3, 0.4) is 0 Å². The normalized spacial score (nSPS) is 24.5. The number of nitrogens with two attached hydrogens (primary N) is 2. The van der Waals surface area contributed by atoms with Crippen LogP contribution in [-0.4, -0.2) is 37.8 Å². The van der Waals surface area contributed by atoms with Crippen LogP contribution in [0.2, 0.25) is 0 Å². The third-order valence-electron chi connectivity index (χ3n) is 3.71. The lowest BCUT2D eigenvalue weighted by Crippen LogP contribution is -2.48. The number of primary amides is 1. The van der Waals surface area contributed by atoms with Crippen molar-refractivity contribution in [2.45, 2.75) is 24.3 Å². The first kappa shape index (κ1) is 15.0. The summed E-state index contributed by atoms with van der Waals surface area (Å²) in [6.45, 7) is 2.79. The zero-order chi connectivity index (χ0) is 14.9. The Kier molecular flexibility index (Phi) is 4.12. The van der Waals surface area contributed by atoms with Crippen LogP contribution in [0.15, 0.2) is 29.2 Å². The van der Waals surface area contributed by atoms with Crippen LogP contribution in [0.1, 0.15) is 23.7 Å². The molecule has 0 saturated carbocycles. The van der Waals surface area contributed by atoms with Crippen molar-refractivity contribution >= 4 is 15.9 Å². The summed E-state index contributed by atoms with van der Waals surface area (Å²) < 4.78 is 26.4. The fourth-order valence-corrected chi connectivity index (χ4v) is 3.84. The van der Waals surface area contributed by atoms with E-state index in [1.165, 1.54) is 28.6 Å². The molecule has 0 spiro atoms. The molecule has 4 N–H and O–H groups in total. The summed E-state index contributed by atoms with van der Waals surface area (Å²) in [5.41, 5.74) is 11.3. The molecule has 2 rings (SSSR count). The summed E-state index contributed by atoms with van der Waals surface area (Å²) >= 11 is 0. The molecule has 1 fully saturated rings. The van der Waals surface area contributed by atoms with E-state index in [4.69, 9.17) is 11.5 Å². The molecule has 7 heteroatoms. The summed E-state index contributed by atoms with van der Waals surface area (Å²) in [6.07, 6.45) is 0.653. The fourth-order valence-electron chi connectivity index (χ4n) is 2.28. The van der Waals surface area contributed by atoms with E-state index in [2.05, 4.69) is 0 Å². The number of hydrogen-bond donors (Lipinski definition) is 2. The van der Waals surface area contributed by atoms with Gasteiger partial charge in [-0.15, -0.1) is 0 Å². The SMILES string of the molecule is CC1CN(S(=O)(=O)c2ccc(C(N)=O)cc2)CCC1N. The van der Waals surface area contributed by atoms with Crippen LogP contribution < -0.4 is 11.5 Å². The first-order valence-electron chi connectivity index (χ1n) is 6.48. The molecule has 1 aromatic carbocycles. The number of carbonyl (C=O) groups is 1. The van der Waals surface area contributed by atoms with Gasteiger partial charge in [0.2, 0.25) is 15.9 Å². The molecule has 110 valence electrons. The summed E-state index contributed by atoms with van der Waals surface area (Å²) in [4.78, 5) is 11.2. The van der Waals surface area contributed by atoms with Gasteiger partial charge in [-0.3, -0.25) is 4.79 Å². The number of piperidine rings is 1. The van der Waals surface area contributed by atoms with Gasteiger partial charge < -0.3 is 11.5 Å². The Bertz CT molecular complexity index is 598. The first-order chi connectivity index (χ1) is 9.32. The molecule has 1 aliphatic heterocycles. The molecular weight excluding hydrogens is 278 g/mol. The number of rotatable bonds is 3. The third kappa shape index (κ3) is 2.84. The molecular formula is C13H19N3O3S. The summed E-state index contributed by atoms with van der Waals surface area (Å²) in [5, 5.41) is 0. The molecule has 0 aromatic heterocycles. The van der Waals surface area contributed by atoms with Gasteiger partial charge in [-0.2, -0.15) is 4.31 Å². The van der Waals surface area contributed by atoms with E-state index in [0.29, 0.717) is 19.5 Å². The highest BCUT2D eigenvalue weighted by molar-refractivity contribution is 7.89. The highest BCUT2D eigenvalue weighted by Crippen LogP contribution is 2.23. The van der Waals surface area contributed by atoms with E-state index < -0.39 is 15.9 Å². The van der Waals surface area contributed by atoms with Crippen molar-refractivity contribution < 1.29 is 13.2 Å². The molecule has 0 bridgehead atoms. The quantitative estimate of drug-likeness (QED) is 0.827. The lowest BCUT2D eigenvalue weighted by molar-refractivity contribution is 0.1000. The van der Waals surface area contributed by atoms with Crippen molar-refractivity contribution in [3.05, 3.63) is 29.8 Å². The van der Waals surface area contributed by atoms with E-state index in [1.54, 1.807) is 0 Å². The molecule has 1 heterocycles. The molecule has 1 saturated heterocycles. The predicted octanol–water partition coefficient (Wildman–Crippen LogP) is 0.143. The van der Waals surface area contributed by atoms with Crippen molar-refractivity contribution in [1.82, 2.24) is 4.31 Å². The Labute approximate surface area is 118 Å². The van der Waals surface area contributed by atoms with Gasteiger partial charge in [-0.1, -0.05) is 6.92 Å². The maximum atomic E-state index is 12.5. The monoisotopic (exact) mass is 297 g/mol. The second kappa shape index (κ2) is 5.51. The molecule has 2 atom stereocenters. The Morgan fingerprint density at radius 2 is 1.90 bits per heavy atom. The highest BCUT2D eigenvalue weighted by Gasteiger charge is 2.31. The molecule has 1 aromatic rings. The molecule has 6 nitrogen and oxygen atoms in total. The average Bonchev–Trinajstić information content (AvgIpc) is 2.41. The van der Waals surface area contributed by atoms with Crippen LogP contribution in [0, 0.1) is 5.92 Å². The molecule has 1 aliphatic rings. The maximum Gasteiger partial charge on any atom is 0.248 e. The number of benzene rings is 1. The minimum Gasteiger partial charge on any atom is -0.366 e. The number of sulfonamides is 1. The van der Waals surface area contributed by atoms with Gasteiger partial charge in [-0.25, -0.2) is 8.42 Å². The van der Waals surface area contributed by atoms with Crippen LogP contribution in [0.25, 0.3) is 0 Å². The van der Waals surface area contributed by atoms with Crippen molar-refractivity contribution in [1.29, 1.82) is 0 Å². The number of carbonyl (C=O) groups excluding carboxylic acids is 1. The number of nitrogens with zero attached hydrogens (tertiary/aromatic N) is 1. The van der Waals surface area contributed by atoms with Gasteiger partial charge in [-0.05, 0) is 36.6 Å². The third-order valence-corrected chi connectivity index (χ3v) is 5.59. The van der Waals surface area contributed by atoms with E-state index in [1.807, 2.05) is 6.92 Å². The van der Waals surface area contributed by atoms with Crippen molar-refractivity contribution in [2.75, 3.05) is 13.1 Å².